The van der Waals surface area contributed by atoms with Crippen LogP contribution in [0, 0.1) is 12.8 Å². The molecule has 0 aromatic carbocycles. The predicted molar refractivity (Wildman–Crippen MR) is 71.9 cm³/mol. The minimum absolute atomic E-state index is 0.199. The number of aryl methyl sites for hydroxylation is 1. The Bertz CT molecular complexity index is 287. The Kier molecular flexibility index (Phi) is 6.07. The van der Waals surface area contributed by atoms with Gasteiger partial charge in [-0.05, 0) is 42.7 Å². The zero-order chi connectivity index (χ0) is 12.0. The van der Waals surface area contributed by atoms with Crippen LogP contribution in [0.5, 0.6) is 0 Å². The quantitative estimate of drug-likeness (QED) is 0.794. The summed E-state index contributed by atoms with van der Waals surface area (Å²) >= 11 is 1.70. The maximum absolute atomic E-state index is 10.2. The number of aliphatic hydroxyl groups excluding tert-OH is 1. The highest BCUT2D eigenvalue weighted by Crippen LogP contribution is 2.37. The molecule has 1 aromatic heterocycles. The maximum Gasteiger partial charge on any atom is 0.0912 e. The minimum Gasteiger partial charge on any atom is -0.387 e. The smallest absolute Gasteiger partial charge is 0.0912 e. The fraction of sp³-hybridized carbons (Fsp3) is 0.714. The average Bonchev–Trinajstić information content (AvgIpc) is 2.78. The van der Waals surface area contributed by atoms with Crippen LogP contribution in [-0.4, -0.2) is 5.11 Å². The second-order valence-electron chi connectivity index (χ2n) is 4.31. The van der Waals surface area contributed by atoms with Gasteiger partial charge in [0.05, 0.1) is 6.10 Å². The lowest BCUT2D eigenvalue weighted by Crippen LogP contribution is -2.15. The molecule has 1 atom stereocenters. The molecule has 0 aliphatic heterocycles. The SMILES string of the molecule is CC.Cc1ccsc1C(O)C1CCCCC1. The molecule has 0 saturated heterocycles. The monoisotopic (exact) mass is 240 g/mol. The molecule has 1 unspecified atom stereocenters. The van der Waals surface area contributed by atoms with Gasteiger partial charge in [0.1, 0.15) is 0 Å². The standard InChI is InChI=1S/C12H18OS.C2H6/c1-9-7-8-14-12(9)11(13)10-5-3-2-4-6-10;1-2/h7-8,10-11,13H,2-6H2,1H3;1-2H3. The van der Waals surface area contributed by atoms with E-state index in [4.69, 9.17) is 0 Å². The van der Waals surface area contributed by atoms with Gasteiger partial charge in [-0.3, -0.25) is 0 Å². The second-order valence-corrected chi connectivity index (χ2v) is 5.26. The normalized spacial score (nSPS) is 18.8. The van der Waals surface area contributed by atoms with E-state index in [-0.39, 0.29) is 6.10 Å². The average molecular weight is 240 g/mol. The van der Waals surface area contributed by atoms with Crippen molar-refractivity contribution in [2.24, 2.45) is 5.92 Å². The van der Waals surface area contributed by atoms with Crippen LogP contribution in [0.3, 0.4) is 0 Å². The van der Waals surface area contributed by atoms with E-state index in [9.17, 15) is 5.11 Å². The third-order valence-electron chi connectivity index (χ3n) is 3.27. The Labute approximate surface area is 104 Å². The molecule has 0 radical (unpaired) electrons. The summed E-state index contributed by atoms with van der Waals surface area (Å²) in [7, 11) is 0. The molecule has 92 valence electrons. The van der Waals surface area contributed by atoms with Gasteiger partial charge in [0, 0.05) is 4.88 Å². The number of aliphatic hydroxyl groups is 1. The van der Waals surface area contributed by atoms with Crippen LogP contribution in [0.15, 0.2) is 11.4 Å². The molecule has 1 aromatic rings. The summed E-state index contributed by atoms with van der Waals surface area (Å²) in [6, 6.07) is 2.10. The second kappa shape index (κ2) is 7.08. The van der Waals surface area contributed by atoms with Gasteiger partial charge < -0.3 is 5.11 Å². The molecule has 1 aliphatic rings. The first kappa shape index (κ1) is 13.7. The summed E-state index contributed by atoms with van der Waals surface area (Å²) in [6.07, 6.45) is 6.16. The van der Waals surface area contributed by atoms with E-state index in [1.165, 1.54) is 42.5 Å². The van der Waals surface area contributed by atoms with Crippen molar-refractivity contribution in [3.63, 3.8) is 0 Å². The molecule has 1 aliphatic carbocycles. The van der Waals surface area contributed by atoms with Crippen LogP contribution in [0.1, 0.15) is 62.5 Å². The van der Waals surface area contributed by atoms with E-state index in [0.717, 1.165) is 0 Å². The van der Waals surface area contributed by atoms with Crippen molar-refractivity contribution in [1.29, 1.82) is 0 Å². The lowest BCUT2D eigenvalue weighted by atomic mass is 9.84. The van der Waals surface area contributed by atoms with E-state index >= 15 is 0 Å². The first-order valence-electron chi connectivity index (χ1n) is 6.51. The number of rotatable bonds is 2. The number of hydrogen-bond acceptors (Lipinski definition) is 2. The molecular weight excluding hydrogens is 216 g/mol. The molecule has 1 nitrogen and oxygen atoms in total. The molecule has 2 heteroatoms. The molecule has 1 saturated carbocycles. The van der Waals surface area contributed by atoms with Gasteiger partial charge in [0.25, 0.3) is 0 Å². The fourth-order valence-electron chi connectivity index (χ4n) is 2.35. The number of thiophene rings is 1. The van der Waals surface area contributed by atoms with Gasteiger partial charge in [-0.15, -0.1) is 11.3 Å². The first-order chi connectivity index (χ1) is 7.79. The zero-order valence-electron chi connectivity index (χ0n) is 10.7. The largest absolute Gasteiger partial charge is 0.387 e. The molecule has 16 heavy (non-hydrogen) atoms. The minimum atomic E-state index is -0.199. The van der Waals surface area contributed by atoms with Crippen molar-refractivity contribution < 1.29 is 5.11 Å². The summed E-state index contributed by atoms with van der Waals surface area (Å²) in [5.74, 6) is 0.515. The van der Waals surface area contributed by atoms with Crippen molar-refractivity contribution >= 4 is 11.3 Å². The van der Waals surface area contributed by atoms with Gasteiger partial charge in [0.2, 0.25) is 0 Å². The molecule has 1 N–H and O–H groups in total. The van der Waals surface area contributed by atoms with Crippen LogP contribution in [0.2, 0.25) is 0 Å². The van der Waals surface area contributed by atoms with Gasteiger partial charge >= 0.3 is 0 Å². The highest BCUT2D eigenvalue weighted by Gasteiger charge is 2.24. The van der Waals surface area contributed by atoms with E-state index < -0.39 is 0 Å². The summed E-state index contributed by atoms with van der Waals surface area (Å²) in [5, 5.41) is 12.3. The van der Waals surface area contributed by atoms with E-state index in [1.54, 1.807) is 11.3 Å². The van der Waals surface area contributed by atoms with Gasteiger partial charge in [-0.1, -0.05) is 33.1 Å². The highest BCUT2D eigenvalue weighted by atomic mass is 32.1. The van der Waals surface area contributed by atoms with Crippen LogP contribution in [0.25, 0.3) is 0 Å². The van der Waals surface area contributed by atoms with Crippen LogP contribution in [0.4, 0.5) is 0 Å². The summed E-state index contributed by atoms with van der Waals surface area (Å²) in [4.78, 5) is 1.19. The Morgan fingerprint density at radius 1 is 1.25 bits per heavy atom. The van der Waals surface area contributed by atoms with Gasteiger partial charge in [-0.25, -0.2) is 0 Å². The summed E-state index contributed by atoms with van der Waals surface area (Å²) < 4.78 is 0. The Balaban J connectivity index is 0.000000606. The number of hydrogen-bond donors (Lipinski definition) is 1. The van der Waals surface area contributed by atoms with Crippen LogP contribution >= 0.6 is 11.3 Å². The molecule has 1 fully saturated rings. The Morgan fingerprint density at radius 2 is 1.88 bits per heavy atom. The predicted octanol–water partition coefficient (Wildman–Crippen LogP) is 4.70. The Hall–Kier alpha value is -0.340. The third-order valence-corrected chi connectivity index (χ3v) is 4.36. The highest BCUT2D eigenvalue weighted by molar-refractivity contribution is 7.10. The Morgan fingerprint density at radius 3 is 2.38 bits per heavy atom. The van der Waals surface area contributed by atoms with E-state index in [0.29, 0.717) is 5.92 Å². The van der Waals surface area contributed by atoms with Crippen molar-refractivity contribution in [3.8, 4) is 0 Å². The van der Waals surface area contributed by atoms with Gasteiger partial charge in [-0.2, -0.15) is 0 Å². The first-order valence-corrected chi connectivity index (χ1v) is 7.39. The van der Waals surface area contributed by atoms with Gasteiger partial charge in [0.15, 0.2) is 0 Å². The summed E-state index contributed by atoms with van der Waals surface area (Å²) in [5.41, 5.74) is 1.26. The molecule has 0 spiro atoms. The fourth-order valence-corrected chi connectivity index (χ4v) is 3.36. The lowest BCUT2D eigenvalue weighted by Gasteiger charge is -2.26. The van der Waals surface area contributed by atoms with Crippen molar-refractivity contribution in [2.75, 3.05) is 0 Å². The van der Waals surface area contributed by atoms with Crippen molar-refractivity contribution in [3.05, 3.63) is 21.9 Å². The zero-order valence-corrected chi connectivity index (χ0v) is 11.5. The lowest BCUT2D eigenvalue weighted by molar-refractivity contribution is 0.0874. The van der Waals surface area contributed by atoms with E-state index in [1.807, 2.05) is 13.8 Å². The molecule has 2 rings (SSSR count). The van der Waals surface area contributed by atoms with E-state index in [2.05, 4.69) is 18.4 Å². The van der Waals surface area contributed by atoms with Crippen molar-refractivity contribution in [2.45, 2.75) is 59.0 Å². The summed E-state index contributed by atoms with van der Waals surface area (Å²) in [6.45, 7) is 6.10. The maximum atomic E-state index is 10.2. The molecule has 0 bridgehead atoms. The third kappa shape index (κ3) is 3.33. The molecule has 0 amide bonds. The molecular formula is C14H24OS. The van der Waals surface area contributed by atoms with Crippen LogP contribution < -0.4 is 0 Å². The van der Waals surface area contributed by atoms with Crippen molar-refractivity contribution in [1.82, 2.24) is 0 Å². The molecule has 1 heterocycles. The topological polar surface area (TPSA) is 20.2 Å². The van der Waals surface area contributed by atoms with Crippen LogP contribution in [-0.2, 0) is 0 Å².